The minimum absolute atomic E-state index is 0.0563. The van der Waals surface area contributed by atoms with Crippen molar-refractivity contribution >= 4 is 29.2 Å². The number of carbonyl (C=O) groups excluding carboxylic acids is 1. The Morgan fingerprint density at radius 1 is 1.24 bits per heavy atom. The van der Waals surface area contributed by atoms with Gasteiger partial charge in [-0.3, -0.25) is 19.1 Å². The van der Waals surface area contributed by atoms with E-state index in [1.54, 1.807) is 0 Å². The first-order valence-corrected chi connectivity index (χ1v) is 9.67. The molecule has 1 amide bonds. The average molecular weight is 371 g/mol. The van der Waals surface area contributed by atoms with Crippen molar-refractivity contribution in [1.82, 2.24) is 9.55 Å². The van der Waals surface area contributed by atoms with Gasteiger partial charge < -0.3 is 10.6 Å². The lowest BCUT2D eigenvalue weighted by Crippen LogP contribution is -2.42. The van der Waals surface area contributed by atoms with Crippen molar-refractivity contribution < 1.29 is 4.79 Å². The lowest BCUT2D eigenvalue weighted by atomic mass is 10.2. The maximum atomic E-state index is 12.8. The molecule has 0 saturated heterocycles. The number of unbranched alkanes of at least 4 members (excludes halogenated alkanes) is 1. The maximum Gasteiger partial charge on any atom is 0.330 e. The van der Waals surface area contributed by atoms with Crippen molar-refractivity contribution in [3.8, 4) is 0 Å². The highest BCUT2D eigenvalue weighted by atomic mass is 32.2. The minimum atomic E-state index is -0.611. The van der Waals surface area contributed by atoms with Crippen LogP contribution >= 0.6 is 11.8 Å². The van der Waals surface area contributed by atoms with Crippen LogP contribution in [0.4, 0.5) is 11.5 Å². The van der Waals surface area contributed by atoms with Gasteiger partial charge in [0.2, 0.25) is 5.91 Å². The third-order valence-electron chi connectivity index (χ3n) is 3.60. The van der Waals surface area contributed by atoms with Gasteiger partial charge in [-0.25, -0.2) is 4.79 Å². The van der Waals surface area contributed by atoms with Crippen LogP contribution in [0.25, 0.3) is 0 Å². The number of hydrogen-bond acceptors (Lipinski definition) is 5. The van der Waals surface area contributed by atoms with Gasteiger partial charge in [-0.2, -0.15) is 0 Å². The van der Waals surface area contributed by atoms with Crippen molar-refractivity contribution in [1.29, 1.82) is 0 Å². The molecule has 0 spiro atoms. The molecule has 1 heterocycles. The van der Waals surface area contributed by atoms with E-state index in [2.05, 4.69) is 4.98 Å². The first-order valence-electron chi connectivity index (χ1n) is 8.69. The van der Waals surface area contributed by atoms with Gasteiger partial charge in [-0.1, -0.05) is 41.0 Å². The quantitative estimate of drug-likeness (QED) is 0.730. The van der Waals surface area contributed by atoms with Crippen molar-refractivity contribution in [3.05, 3.63) is 20.8 Å². The number of thioether (sulfide) groups is 1. The summed E-state index contributed by atoms with van der Waals surface area (Å²) >= 11 is 1.51. The van der Waals surface area contributed by atoms with Crippen molar-refractivity contribution in [2.45, 2.75) is 65.2 Å². The third-order valence-corrected chi connectivity index (χ3v) is 4.85. The molecule has 3 N–H and O–H groups in total. The highest BCUT2D eigenvalue weighted by Gasteiger charge is 2.25. The Hall–Kier alpha value is -1.70. The summed E-state index contributed by atoms with van der Waals surface area (Å²) in [5.41, 5.74) is 5.04. The largest absolute Gasteiger partial charge is 0.383 e. The molecule has 8 heteroatoms. The molecule has 0 unspecified atom stereocenters. The lowest BCUT2D eigenvalue weighted by molar-refractivity contribution is -0.116. The van der Waals surface area contributed by atoms with E-state index >= 15 is 0 Å². The normalized spacial score (nSPS) is 11.6. The number of rotatable bonds is 8. The fourth-order valence-electron chi connectivity index (χ4n) is 2.32. The summed E-state index contributed by atoms with van der Waals surface area (Å²) in [6.45, 7) is 10.8. The summed E-state index contributed by atoms with van der Waals surface area (Å²) in [5, 5.41) is 0. The highest BCUT2D eigenvalue weighted by Crippen LogP contribution is 2.25. The van der Waals surface area contributed by atoms with E-state index < -0.39 is 11.2 Å². The molecule has 1 aromatic heterocycles. The molecule has 1 aromatic rings. The van der Waals surface area contributed by atoms with Crippen LogP contribution in [0.2, 0.25) is 0 Å². The Bertz CT molecular complexity index is 703. The summed E-state index contributed by atoms with van der Waals surface area (Å²) in [7, 11) is 0. The van der Waals surface area contributed by atoms with Gasteiger partial charge in [0.25, 0.3) is 5.56 Å². The second-order valence-corrected chi connectivity index (χ2v) is 8.75. The molecular formula is C17H30N4O3S. The molecule has 0 aliphatic carbocycles. The van der Waals surface area contributed by atoms with Gasteiger partial charge >= 0.3 is 5.69 Å². The number of aromatic nitrogens is 2. The Labute approximate surface area is 153 Å². The summed E-state index contributed by atoms with van der Waals surface area (Å²) in [5.74, 6) is 0.131. The Morgan fingerprint density at radius 3 is 2.40 bits per heavy atom. The standard InChI is InChI=1S/C17H30N4O3S/c1-6-8-10-20(12(22)11-25-17(3,4)5)13-14(18)21(9-7-2)16(24)19-15(13)23/h6-11,18H2,1-5H3,(H,19,23,24). The molecule has 0 bridgehead atoms. The summed E-state index contributed by atoms with van der Waals surface area (Å²) in [6, 6.07) is 0. The van der Waals surface area contributed by atoms with Gasteiger partial charge in [0.15, 0.2) is 5.69 Å². The number of nitrogen functional groups attached to an aromatic ring is 1. The van der Waals surface area contributed by atoms with Crippen LogP contribution in [-0.4, -0.2) is 32.5 Å². The number of nitrogens with two attached hydrogens (primary N) is 1. The van der Waals surface area contributed by atoms with E-state index in [0.29, 0.717) is 19.5 Å². The Kier molecular flexibility index (Phi) is 7.79. The van der Waals surface area contributed by atoms with E-state index in [1.165, 1.54) is 21.2 Å². The molecule has 0 aliphatic heterocycles. The maximum absolute atomic E-state index is 12.8. The SMILES string of the molecule is CCCCN(C(=O)CSC(C)(C)C)c1c(N)n(CCC)c(=O)[nH]c1=O. The number of carbonyl (C=O) groups is 1. The van der Waals surface area contributed by atoms with Crippen LogP contribution in [0.1, 0.15) is 53.9 Å². The van der Waals surface area contributed by atoms with Crippen molar-refractivity contribution in [2.24, 2.45) is 0 Å². The second-order valence-electron chi connectivity index (χ2n) is 6.94. The molecule has 0 aromatic carbocycles. The number of aromatic amines is 1. The summed E-state index contributed by atoms with van der Waals surface area (Å²) in [4.78, 5) is 40.8. The number of anilines is 2. The molecule has 25 heavy (non-hydrogen) atoms. The van der Waals surface area contributed by atoms with Gasteiger partial charge in [0.1, 0.15) is 5.82 Å². The summed E-state index contributed by atoms with van der Waals surface area (Å²) in [6.07, 6.45) is 2.32. The van der Waals surface area contributed by atoms with Gasteiger partial charge in [0.05, 0.1) is 5.75 Å². The number of H-pyrrole nitrogens is 1. The van der Waals surface area contributed by atoms with Gasteiger partial charge in [0, 0.05) is 17.8 Å². The molecule has 1 rings (SSSR count). The number of amides is 1. The fourth-order valence-corrected chi connectivity index (χ4v) is 3.03. The smallest absolute Gasteiger partial charge is 0.330 e. The number of hydrogen-bond donors (Lipinski definition) is 2. The molecule has 0 aliphatic rings. The predicted molar refractivity (Wildman–Crippen MR) is 105 cm³/mol. The van der Waals surface area contributed by atoms with Gasteiger partial charge in [-0.05, 0) is 12.8 Å². The van der Waals surface area contributed by atoms with Crippen LogP contribution in [-0.2, 0) is 11.3 Å². The molecule has 7 nitrogen and oxygen atoms in total. The van der Waals surface area contributed by atoms with E-state index in [1.807, 2.05) is 34.6 Å². The lowest BCUT2D eigenvalue weighted by Gasteiger charge is -2.26. The van der Waals surface area contributed by atoms with Crippen LogP contribution < -0.4 is 21.9 Å². The monoisotopic (exact) mass is 370 g/mol. The zero-order valence-corrected chi connectivity index (χ0v) is 16.7. The average Bonchev–Trinajstić information content (AvgIpc) is 2.51. The van der Waals surface area contributed by atoms with Crippen LogP contribution in [0.15, 0.2) is 9.59 Å². The zero-order valence-electron chi connectivity index (χ0n) is 15.8. The third kappa shape index (κ3) is 5.95. The van der Waals surface area contributed by atoms with E-state index in [4.69, 9.17) is 5.73 Å². The Morgan fingerprint density at radius 2 is 1.88 bits per heavy atom. The zero-order chi connectivity index (χ0) is 19.2. The molecule has 0 radical (unpaired) electrons. The van der Waals surface area contributed by atoms with Crippen LogP contribution in [0.5, 0.6) is 0 Å². The first-order chi connectivity index (χ1) is 11.6. The van der Waals surface area contributed by atoms with Crippen molar-refractivity contribution in [3.63, 3.8) is 0 Å². The topological polar surface area (TPSA) is 101 Å². The van der Waals surface area contributed by atoms with Gasteiger partial charge in [-0.15, -0.1) is 11.8 Å². The minimum Gasteiger partial charge on any atom is -0.383 e. The van der Waals surface area contributed by atoms with Crippen LogP contribution in [0, 0.1) is 0 Å². The van der Waals surface area contributed by atoms with E-state index in [9.17, 15) is 14.4 Å². The summed E-state index contributed by atoms with van der Waals surface area (Å²) < 4.78 is 1.25. The van der Waals surface area contributed by atoms with E-state index in [0.717, 1.165) is 12.8 Å². The first kappa shape index (κ1) is 21.3. The molecule has 0 fully saturated rings. The second kappa shape index (κ2) is 9.12. The molecular weight excluding hydrogens is 340 g/mol. The highest BCUT2D eigenvalue weighted by molar-refractivity contribution is 8.01. The van der Waals surface area contributed by atoms with Crippen molar-refractivity contribution in [2.75, 3.05) is 22.9 Å². The molecule has 142 valence electrons. The number of nitrogens with one attached hydrogen (secondary N) is 1. The molecule has 0 saturated carbocycles. The molecule has 0 atom stereocenters. The van der Waals surface area contributed by atoms with E-state index in [-0.39, 0.29) is 27.9 Å². The predicted octanol–water partition coefficient (Wildman–Crippen LogP) is 2.19. The Balaban J connectivity index is 3.31. The number of nitrogens with zero attached hydrogens (tertiary/aromatic N) is 2. The fraction of sp³-hybridized carbons (Fsp3) is 0.706. The van der Waals surface area contributed by atoms with Crippen LogP contribution in [0.3, 0.4) is 0 Å².